The minimum Gasteiger partial charge on any atom is -0.455 e. The van der Waals surface area contributed by atoms with Gasteiger partial charge < -0.3 is 13.9 Å². The second kappa shape index (κ2) is 17.6. The number of rotatable bonds is 9. The normalized spacial score (nSPS) is 12.6. The Kier molecular flexibility index (Phi) is 10.1. The van der Waals surface area contributed by atoms with E-state index in [0.717, 1.165) is 66.9 Å². The number of hydrogen-bond acceptors (Lipinski definition) is 2. The molecule has 0 bridgehead atoms. The van der Waals surface area contributed by atoms with Crippen LogP contribution in [0.4, 0.5) is 17.1 Å². The van der Waals surface area contributed by atoms with Crippen LogP contribution in [0.2, 0.25) is 0 Å². The lowest BCUT2D eigenvalue weighted by Gasteiger charge is -2.35. The first kappa shape index (κ1) is 43.6. The van der Waals surface area contributed by atoms with Crippen LogP contribution < -0.4 is 4.90 Å². The molecule has 0 radical (unpaired) electrons. The van der Waals surface area contributed by atoms with Gasteiger partial charge in [0, 0.05) is 38.8 Å². The Morgan fingerprint density at radius 3 is 1.66 bits per heavy atom. The van der Waals surface area contributed by atoms with Crippen LogP contribution in [0.3, 0.4) is 0 Å². The van der Waals surface area contributed by atoms with Crippen molar-refractivity contribution in [2.24, 2.45) is 0 Å². The maximum atomic E-state index is 6.96. The average molecular weight is 969 g/mol. The Balaban J connectivity index is 0.928. The molecule has 356 valence electrons. The van der Waals surface area contributed by atoms with E-state index >= 15 is 0 Å². The zero-order chi connectivity index (χ0) is 50.2. The maximum absolute atomic E-state index is 6.96. The van der Waals surface area contributed by atoms with E-state index in [9.17, 15) is 0 Å². The number of anilines is 3. The lowest BCUT2D eigenvalue weighted by Crippen LogP contribution is -2.28. The molecular formula is C73H48N2O. The third kappa shape index (κ3) is 6.76. The van der Waals surface area contributed by atoms with Gasteiger partial charge in [-0.3, -0.25) is 0 Å². The fraction of sp³-hybridized carbons (Fsp3) is 0.0137. The summed E-state index contributed by atoms with van der Waals surface area (Å²) in [6.45, 7) is 0. The number of para-hydroxylation sites is 3. The third-order valence-electron chi connectivity index (χ3n) is 15.8. The van der Waals surface area contributed by atoms with Crippen LogP contribution in [-0.4, -0.2) is 4.57 Å². The van der Waals surface area contributed by atoms with Crippen molar-refractivity contribution in [3.8, 4) is 50.2 Å². The summed E-state index contributed by atoms with van der Waals surface area (Å²) in [5.74, 6) is 0. The van der Waals surface area contributed by atoms with Crippen molar-refractivity contribution in [3.05, 3.63) is 313 Å². The minimum absolute atomic E-state index is 0.573. The van der Waals surface area contributed by atoms with Gasteiger partial charge in [0.05, 0.1) is 27.5 Å². The van der Waals surface area contributed by atoms with Gasteiger partial charge in [-0.25, -0.2) is 0 Å². The van der Waals surface area contributed by atoms with E-state index in [1.807, 2.05) is 0 Å². The van der Waals surface area contributed by atoms with E-state index in [2.05, 4.69) is 301 Å². The molecule has 2 aromatic heterocycles. The molecule has 2 heterocycles. The molecule has 0 N–H and O–H groups in total. The molecule has 0 unspecified atom stereocenters. The van der Waals surface area contributed by atoms with Crippen LogP contribution in [-0.2, 0) is 5.41 Å². The maximum Gasteiger partial charge on any atom is 0.143 e. The van der Waals surface area contributed by atoms with E-state index in [4.69, 9.17) is 4.42 Å². The van der Waals surface area contributed by atoms with E-state index < -0.39 is 5.41 Å². The van der Waals surface area contributed by atoms with Crippen LogP contribution in [0.25, 0.3) is 93.9 Å². The summed E-state index contributed by atoms with van der Waals surface area (Å²) in [5.41, 5.74) is 22.1. The van der Waals surface area contributed by atoms with Gasteiger partial charge in [-0.2, -0.15) is 0 Å². The molecule has 0 amide bonds. The second-order valence-corrected chi connectivity index (χ2v) is 19.9. The van der Waals surface area contributed by atoms with Crippen LogP contribution in [0.5, 0.6) is 0 Å². The fourth-order valence-electron chi connectivity index (χ4n) is 12.6. The van der Waals surface area contributed by atoms with Crippen molar-refractivity contribution in [3.63, 3.8) is 0 Å². The van der Waals surface area contributed by atoms with Gasteiger partial charge in [-0.05, 0) is 134 Å². The monoisotopic (exact) mass is 968 g/mol. The molecule has 15 rings (SSSR count). The summed E-state index contributed by atoms with van der Waals surface area (Å²) in [7, 11) is 0. The number of nitrogens with zero attached hydrogens (tertiary/aromatic N) is 2. The summed E-state index contributed by atoms with van der Waals surface area (Å²) < 4.78 is 9.34. The lowest BCUT2D eigenvalue weighted by atomic mass is 9.67. The van der Waals surface area contributed by atoms with Gasteiger partial charge >= 0.3 is 0 Å². The van der Waals surface area contributed by atoms with Crippen LogP contribution in [0, 0.1) is 0 Å². The molecule has 14 aromatic rings. The predicted octanol–water partition coefficient (Wildman–Crippen LogP) is 19.5. The number of furan rings is 1. The van der Waals surface area contributed by atoms with E-state index in [1.54, 1.807) is 0 Å². The molecule has 0 spiro atoms. The Hall–Kier alpha value is -9.96. The third-order valence-corrected chi connectivity index (χ3v) is 15.8. The van der Waals surface area contributed by atoms with Crippen molar-refractivity contribution in [2.75, 3.05) is 4.90 Å². The van der Waals surface area contributed by atoms with Crippen molar-refractivity contribution in [1.29, 1.82) is 0 Å². The Bertz CT molecular complexity index is 4480. The molecule has 0 saturated heterocycles. The minimum atomic E-state index is -0.573. The molecule has 76 heavy (non-hydrogen) atoms. The van der Waals surface area contributed by atoms with E-state index in [-0.39, 0.29) is 0 Å². The summed E-state index contributed by atoms with van der Waals surface area (Å²) in [5, 5.41) is 4.61. The average Bonchev–Trinajstić information content (AvgIpc) is 4.17. The van der Waals surface area contributed by atoms with Crippen LogP contribution in [0.1, 0.15) is 22.3 Å². The summed E-state index contributed by atoms with van der Waals surface area (Å²) in [4.78, 5) is 2.46. The van der Waals surface area contributed by atoms with Gasteiger partial charge in [0.2, 0.25) is 0 Å². The largest absolute Gasteiger partial charge is 0.455 e. The molecule has 0 atom stereocenters. The molecule has 0 fully saturated rings. The summed E-state index contributed by atoms with van der Waals surface area (Å²) in [6.07, 6.45) is 0. The topological polar surface area (TPSA) is 21.3 Å². The first-order valence-electron chi connectivity index (χ1n) is 26.2. The zero-order valence-electron chi connectivity index (χ0n) is 41.5. The first-order chi connectivity index (χ1) is 37.7. The van der Waals surface area contributed by atoms with Gasteiger partial charge in [-0.1, -0.05) is 218 Å². The zero-order valence-corrected chi connectivity index (χ0v) is 41.5. The molecule has 1 aliphatic carbocycles. The van der Waals surface area contributed by atoms with E-state index in [1.165, 1.54) is 66.3 Å². The Morgan fingerprint density at radius 2 is 0.882 bits per heavy atom. The number of fused-ring (bicyclic) bond motifs is 9. The smallest absolute Gasteiger partial charge is 0.143 e. The summed E-state index contributed by atoms with van der Waals surface area (Å²) >= 11 is 0. The molecular weight excluding hydrogens is 921 g/mol. The van der Waals surface area contributed by atoms with Crippen LogP contribution in [0.15, 0.2) is 296 Å². The highest BCUT2D eigenvalue weighted by atomic mass is 16.3. The molecule has 3 nitrogen and oxygen atoms in total. The lowest BCUT2D eigenvalue weighted by molar-refractivity contribution is 0.670. The highest BCUT2D eigenvalue weighted by molar-refractivity contribution is 6.16. The van der Waals surface area contributed by atoms with Crippen molar-refractivity contribution in [1.82, 2.24) is 4.57 Å². The summed E-state index contributed by atoms with van der Waals surface area (Å²) in [6, 6.07) is 106. The SMILES string of the molecule is c1ccc(-c2cccc3c2oc2cccc(N(c4cccc(-c5cccc(-c6ccc7c(c6)c6ccccc6n7-c6ccccc6)c5)c4)c4ccc5c(c4)C(c4ccccc4)(c4ccccc4)c4ccccc4-5)c23)cc1. The first-order valence-corrected chi connectivity index (χ1v) is 26.2. The Morgan fingerprint density at radius 1 is 0.329 bits per heavy atom. The number of aromatic nitrogens is 1. The van der Waals surface area contributed by atoms with Crippen molar-refractivity contribution >= 4 is 60.8 Å². The van der Waals surface area contributed by atoms with Gasteiger partial charge in [0.25, 0.3) is 0 Å². The van der Waals surface area contributed by atoms with E-state index in [0.29, 0.717) is 0 Å². The Labute approximate surface area is 441 Å². The molecule has 0 saturated carbocycles. The quantitative estimate of drug-likeness (QED) is 0.144. The predicted molar refractivity (Wildman–Crippen MR) is 316 cm³/mol. The molecule has 0 aliphatic heterocycles. The standard InChI is InChI=1S/C73H48N2O/c1-5-21-49(22-6-1)59-35-19-36-63-71-69(39-20-40-70(71)76-72(59)63)74(58-42-43-61-60-33-13-15-37-65(60)73(66(61)48-58,54-26-7-2-8-27-54)55-28-9-3-10-29-55)57-32-18-25-52(46-57)50-23-17-24-51(45-50)53-41-44-68-64(47-53)62-34-14-16-38-67(62)75(68)56-30-11-4-12-31-56/h1-48H. The van der Waals surface area contributed by atoms with Crippen molar-refractivity contribution in [2.45, 2.75) is 5.41 Å². The number of hydrogen-bond donors (Lipinski definition) is 0. The number of benzene rings is 12. The molecule has 3 heteroatoms. The molecule has 12 aromatic carbocycles. The van der Waals surface area contributed by atoms with Gasteiger partial charge in [-0.15, -0.1) is 0 Å². The van der Waals surface area contributed by atoms with Crippen LogP contribution >= 0.6 is 0 Å². The highest BCUT2D eigenvalue weighted by Crippen LogP contribution is 2.58. The molecule has 1 aliphatic rings. The van der Waals surface area contributed by atoms with Gasteiger partial charge in [0.1, 0.15) is 11.2 Å². The fourth-order valence-corrected chi connectivity index (χ4v) is 12.6. The second-order valence-electron chi connectivity index (χ2n) is 19.9. The van der Waals surface area contributed by atoms with Crippen molar-refractivity contribution < 1.29 is 4.42 Å². The highest BCUT2D eigenvalue weighted by Gasteiger charge is 2.46. The van der Waals surface area contributed by atoms with Gasteiger partial charge in [0.15, 0.2) is 0 Å².